The molecule has 0 aromatic heterocycles. The number of nitrogens with two attached hydrogens (primary N) is 1. The zero-order valence-electron chi connectivity index (χ0n) is 6.57. The molecule has 1 rings (SSSR count). The average Bonchev–Trinajstić information content (AvgIpc) is 2.08. The van der Waals surface area contributed by atoms with E-state index < -0.39 is 6.10 Å². The minimum atomic E-state index is -0.822. The third-order valence-electron chi connectivity index (χ3n) is 1.66. The zero-order chi connectivity index (χ0) is 9.14. The van der Waals surface area contributed by atoms with Crippen LogP contribution in [0.5, 0.6) is 5.75 Å². The Hall–Kier alpha value is -1.48. The molecule has 1 unspecified atom stereocenters. The van der Waals surface area contributed by atoms with Crippen LogP contribution in [0.1, 0.15) is 11.7 Å². The molecule has 64 valence electrons. The number of aliphatic hydroxyl groups is 1. The Morgan fingerprint density at radius 3 is 2.75 bits per heavy atom. The van der Waals surface area contributed by atoms with Gasteiger partial charge in [0.15, 0.2) is 0 Å². The van der Waals surface area contributed by atoms with Crippen LogP contribution in [0, 0.1) is 0 Å². The fourth-order valence-electron chi connectivity index (χ4n) is 0.955. The molecule has 0 aliphatic rings. The normalized spacial score (nSPS) is 12.4. The van der Waals surface area contributed by atoms with Crippen molar-refractivity contribution in [1.82, 2.24) is 0 Å². The Bertz CT molecular complexity index is 297. The molecule has 0 radical (unpaired) electrons. The lowest BCUT2D eigenvalue weighted by atomic mass is 10.1. The zero-order valence-corrected chi connectivity index (χ0v) is 6.57. The summed E-state index contributed by atoms with van der Waals surface area (Å²) in [6.07, 6.45) is 0.530. The highest BCUT2D eigenvalue weighted by atomic mass is 16.3. The van der Waals surface area contributed by atoms with Gasteiger partial charge in [0.2, 0.25) is 0 Å². The number of phenolic OH excluding ortho intramolecular Hbond substituents is 1. The van der Waals surface area contributed by atoms with Crippen LogP contribution in [-0.4, -0.2) is 10.2 Å². The van der Waals surface area contributed by atoms with E-state index in [1.54, 1.807) is 12.1 Å². The predicted octanol–water partition coefficient (Wildman–Crippen LogP) is 1.19. The van der Waals surface area contributed by atoms with Gasteiger partial charge in [-0.05, 0) is 6.07 Å². The van der Waals surface area contributed by atoms with Gasteiger partial charge in [-0.15, -0.1) is 6.58 Å². The largest absolute Gasteiger partial charge is 0.506 e. The van der Waals surface area contributed by atoms with E-state index in [-0.39, 0.29) is 11.4 Å². The number of nitrogen functional groups attached to an aromatic ring is 1. The number of phenols is 1. The quantitative estimate of drug-likeness (QED) is 0.350. The Kier molecular flexibility index (Phi) is 2.35. The number of aliphatic hydroxyl groups excluding tert-OH is 1. The molecule has 3 nitrogen and oxygen atoms in total. The molecule has 0 heterocycles. The van der Waals surface area contributed by atoms with Crippen molar-refractivity contribution in [3.63, 3.8) is 0 Å². The van der Waals surface area contributed by atoms with E-state index >= 15 is 0 Å². The van der Waals surface area contributed by atoms with Gasteiger partial charge in [-0.3, -0.25) is 0 Å². The summed E-state index contributed by atoms with van der Waals surface area (Å²) in [4.78, 5) is 0. The van der Waals surface area contributed by atoms with Gasteiger partial charge in [-0.25, -0.2) is 0 Å². The molecule has 0 amide bonds. The van der Waals surface area contributed by atoms with Gasteiger partial charge in [0, 0.05) is 5.56 Å². The average molecular weight is 165 g/mol. The summed E-state index contributed by atoms with van der Waals surface area (Å²) in [5, 5.41) is 18.5. The first kappa shape index (κ1) is 8.62. The van der Waals surface area contributed by atoms with E-state index in [1.165, 1.54) is 12.1 Å². The van der Waals surface area contributed by atoms with Gasteiger partial charge in [0.25, 0.3) is 0 Å². The van der Waals surface area contributed by atoms with Crippen molar-refractivity contribution >= 4 is 5.69 Å². The van der Waals surface area contributed by atoms with Crippen molar-refractivity contribution in [3.05, 3.63) is 36.4 Å². The monoisotopic (exact) mass is 165 g/mol. The van der Waals surface area contributed by atoms with Crippen molar-refractivity contribution in [2.75, 3.05) is 5.73 Å². The first-order valence-corrected chi connectivity index (χ1v) is 3.54. The molecule has 0 spiro atoms. The van der Waals surface area contributed by atoms with Crippen LogP contribution >= 0.6 is 0 Å². The van der Waals surface area contributed by atoms with Gasteiger partial charge in [-0.2, -0.15) is 0 Å². The molecule has 1 atom stereocenters. The Labute approximate surface area is 70.8 Å². The minimum absolute atomic E-state index is 0.0200. The van der Waals surface area contributed by atoms with Gasteiger partial charge in [0.1, 0.15) is 5.75 Å². The Balaban J connectivity index is 3.15. The van der Waals surface area contributed by atoms with Crippen LogP contribution in [0.15, 0.2) is 30.9 Å². The van der Waals surface area contributed by atoms with Gasteiger partial charge < -0.3 is 15.9 Å². The highest BCUT2D eigenvalue weighted by molar-refractivity contribution is 5.58. The Morgan fingerprint density at radius 1 is 1.50 bits per heavy atom. The molecule has 0 aliphatic heterocycles. The highest BCUT2D eigenvalue weighted by Gasteiger charge is 2.08. The molecule has 0 aliphatic carbocycles. The van der Waals surface area contributed by atoms with Gasteiger partial charge in [0.05, 0.1) is 11.8 Å². The molecule has 0 bridgehead atoms. The number of para-hydroxylation sites is 1. The van der Waals surface area contributed by atoms with Crippen molar-refractivity contribution in [3.8, 4) is 5.75 Å². The lowest BCUT2D eigenvalue weighted by Gasteiger charge is -2.09. The third kappa shape index (κ3) is 1.40. The summed E-state index contributed by atoms with van der Waals surface area (Å²) in [6.45, 7) is 3.42. The topological polar surface area (TPSA) is 66.5 Å². The molecular weight excluding hydrogens is 154 g/mol. The maximum Gasteiger partial charge on any atom is 0.138 e. The summed E-state index contributed by atoms with van der Waals surface area (Å²) in [6, 6.07) is 4.73. The number of aromatic hydroxyl groups is 1. The maximum atomic E-state index is 9.33. The van der Waals surface area contributed by atoms with Crippen LogP contribution in [0.4, 0.5) is 5.69 Å². The first-order chi connectivity index (χ1) is 5.66. The SMILES string of the molecule is C=CC(O)c1cccc(O)c1N. The van der Waals surface area contributed by atoms with Crippen LogP contribution < -0.4 is 5.73 Å². The first-order valence-electron chi connectivity index (χ1n) is 3.54. The van der Waals surface area contributed by atoms with E-state index in [2.05, 4.69) is 6.58 Å². The molecule has 0 saturated heterocycles. The number of rotatable bonds is 2. The molecule has 0 fully saturated rings. The fourth-order valence-corrected chi connectivity index (χ4v) is 0.955. The van der Waals surface area contributed by atoms with Gasteiger partial charge >= 0.3 is 0 Å². The summed E-state index contributed by atoms with van der Waals surface area (Å²) < 4.78 is 0. The summed E-state index contributed by atoms with van der Waals surface area (Å²) in [7, 11) is 0. The van der Waals surface area contributed by atoms with E-state index in [4.69, 9.17) is 5.73 Å². The van der Waals surface area contributed by atoms with E-state index in [9.17, 15) is 10.2 Å². The minimum Gasteiger partial charge on any atom is -0.506 e. The van der Waals surface area contributed by atoms with Crippen molar-refractivity contribution in [2.45, 2.75) is 6.10 Å². The number of benzene rings is 1. The smallest absolute Gasteiger partial charge is 0.138 e. The van der Waals surface area contributed by atoms with E-state index in [1.807, 2.05) is 0 Å². The summed E-state index contributed by atoms with van der Waals surface area (Å²) >= 11 is 0. The Morgan fingerprint density at radius 2 is 2.17 bits per heavy atom. The van der Waals surface area contributed by atoms with Crippen LogP contribution in [0.25, 0.3) is 0 Å². The van der Waals surface area contributed by atoms with Crippen LogP contribution in [0.3, 0.4) is 0 Å². The second kappa shape index (κ2) is 3.28. The van der Waals surface area contributed by atoms with Crippen LogP contribution in [0.2, 0.25) is 0 Å². The van der Waals surface area contributed by atoms with Crippen molar-refractivity contribution in [1.29, 1.82) is 0 Å². The standard InChI is InChI=1S/C9H11NO2/c1-2-7(11)6-4-3-5-8(12)9(6)10/h2-5,7,11-12H,1,10H2. The molecule has 4 N–H and O–H groups in total. The van der Waals surface area contributed by atoms with E-state index in [0.717, 1.165) is 0 Å². The molecule has 12 heavy (non-hydrogen) atoms. The van der Waals surface area contributed by atoms with E-state index in [0.29, 0.717) is 5.56 Å². The summed E-state index contributed by atoms with van der Waals surface area (Å²) in [5.41, 5.74) is 6.18. The van der Waals surface area contributed by atoms with Crippen molar-refractivity contribution in [2.24, 2.45) is 0 Å². The molecule has 1 aromatic carbocycles. The second-order valence-corrected chi connectivity index (χ2v) is 2.46. The van der Waals surface area contributed by atoms with Crippen molar-refractivity contribution < 1.29 is 10.2 Å². The molecule has 0 saturated carbocycles. The maximum absolute atomic E-state index is 9.33. The lowest BCUT2D eigenvalue weighted by molar-refractivity contribution is 0.229. The number of hydrogen-bond donors (Lipinski definition) is 3. The lowest BCUT2D eigenvalue weighted by Crippen LogP contribution is -1.98. The molecule has 3 heteroatoms. The molecule has 1 aromatic rings. The fraction of sp³-hybridized carbons (Fsp3) is 0.111. The third-order valence-corrected chi connectivity index (χ3v) is 1.66. The summed E-state index contributed by atoms with van der Waals surface area (Å²) in [5.74, 6) is -0.0200. The number of hydrogen-bond acceptors (Lipinski definition) is 3. The molecular formula is C9H11NO2. The second-order valence-electron chi connectivity index (χ2n) is 2.46. The predicted molar refractivity (Wildman–Crippen MR) is 47.7 cm³/mol. The van der Waals surface area contributed by atoms with Gasteiger partial charge in [-0.1, -0.05) is 18.2 Å². The van der Waals surface area contributed by atoms with Crippen LogP contribution in [-0.2, 0) is 0 Å². The highest BCUT2D eigenvalue weighted by Crippen LogP contribution is 2.28. The number of anilines is 1.